The zero-order valence-electron chi connectivity index (χ0n) is 8.79. The second-order valence-electron chi connectivity index (χ2n) is 3.45. The molecule has 0 unspecified atom stereocenters. The van der Waals surface area contributed by atoms with E-state index < -0.39 is 0 Å². The molecule has 0 amide bonds. The number of nitrogens with zero attached hydrogens (tertiary/aromatic N) is 4. The highest BCUT2D eigenvalue weighted by atomic mass is 16.1. The lowest BCUT2D eigenvalue weighted by Crippen LogP contribution is -2.06. The second-order valence-corrected chi connectivity index (χ2v) is 3.45. The zero-order chi connectivity index (χ0) is 11.5. The van der Waals surface area contributed by atoms with Crippen LogP contribution in [0.4, 0.5) is 5.95 Å². The van der Waals surface area contributed by atoms with Crippen LogP contribution >= 0.6 is 0 Å². The quantitative estimate of drug-likeness (QED) is 0.757. The fraction of sp³-hybridized carbons (Fsp3) is 0.200. The third kappa shape index (κ3) is 2.05. The van der Waals surface area contributed by atoms with Crippen LogP contribution in [0, 0.1) is 0 Å². The molecule has 1 heterocycles. The van der Waals surface area contributed by atoms with Gasteiger partial charge in [0.2, 0.25) is 5.95 Å². The van der Waals surface area contributed by atoms with E-state index in [1.807, 2.05) is 12.1 Å². The topological polar surface area (TPSA) is 86.7 Å². The van der Waals surface area contributed by atoms with Gasteiger partial charge in [-0.2, -0.15) is 0 Å². The Labute approximate surface area is 92.1 Å². The van der Waals surface area contributed by atoms with E-state index in [0.29, 0.717) is 12.1 Å². The molecule has 82 valence electrons. The van der Waals surface area contributed by atoms with Crippen LogP contribution in [-0.4, -0.2) is 26.0 Å². The van der Waals surface area contributed by atoms with E-state index >= 15 is 0 Å². The highest BCUT2D eigenvalue weighted by molar-refractivity contribution is 5.93. The summed E-state index contributed by atoms with van der Waals surface area (Å²) in [7, 11) is 0. The highest BCUT2D eigenvalue weighted by Crippen LogP contribution is 2.07. The van der Waals surface area contributed by atoms with Gasteiger partial charge in [0.25, 0.3) is 0 Å². The Morgan fingerprint density at radius 2 is 2.06 bits per heavy atom. The van der Waals surface area contributed by atoms with Gasteiger partial charge in [-0.25, -0.2) is 4.68 Å². The van der Waals surface area contributed by atoms with Gasteiger partial charge in [-0.3, -0.25) is 4.79 Å². The number of aromatic nitrogens is 4. The number of nitrogen functional groups attached to an aromatic ring is 1. The van der Waals surface area contributed by atoms with Crippen molar-refractivity contribution in [3.8, 4) is 0 Å². The lowest BCUT2D eigenvalue weighted by molar-refractivity contribution is 0.101. The van der Waals surface area contributed by atoms with Crippen LogP contribution in [0.5, 0.6) is 0 Å². The van der Waals surface area contributed by atoms with E-state index in [1.54, 1.807) is 12.1 Å². The van der Waals surface area contributed by atoms with Crippen molar-refractivity contribution in [2.45, 2.75) is 13.5 Å². The van der Waals surface area contributed by atoms with Gasteiger partial charge in [-0.05, 0) is 22.9 Å². The number of rotatable bonds is 3. The summed E-state index contributed by atoms with van der Waals surface area (Å²) in [6.07, 6.45) is 0. The number of nitrogens with two attached hydrogens (primary N) is 1. The normalized spacial score (nSPS) is 10.3. The molecule has 16 heavy (non-hydrogen) atoms. The molecule has 0 atom stereocenters. The maximum atomic E-state index is 11.1. The molecule has 0 radical (unpaired) electrons. The standard InChI is InChI=1S/C10H11N5O/c1-7(16)9-4-2-8(3-5-9)6-15-10(11)12-13-14-15/h2-5H,6H2,1H3,(H2,11,12,14). The summed E-state index contributed by atoms with van der Waals surface area (Å²) in [5.41, 5.74) is 7.22. The van der Waals surface area contributed by atoms with E-state index in [1.165, 1.54) is 11.6 Å². The number of ketones is 1. The molecule has 0 saturated heterocycles. The molecule has 6 heteroatoms. The minimum atomic E-state index is 0.0495. The summed E-state index contributed by atoms with van der Waals surface area (Å²) < 4.78 is 1.49. The van der Waals surface area contributed by atoms with Gasteiger partial charge in [0, 0.05) is 5.56 Å². The summed E-state index contributed by atoms with van der Waals surface area (Å²) in [6.45, 7) is 2.03. The molecule has 0 fully saturated rings. The molecule has 2 aromatic rings. The summed E-state index contributed by atoms with van der Waals surface area (Å²) in [6, 6.07) is 7.27. The molecule has 0 aliphatic rings. The Morgan fingerprint density at radius 1 is 1.38 bits per heavy atom. The number of Topliss-reactive ketones (excluding diaryl/α,β-unsaturated/α-hetero) is 1. The third-order valence-electron chi connectivity index (χ3n) is 2.25. The molecular formula is C10H11N5O. The van der Waals surface area contributed by atoms with E-state index in [2.05, 4.69) is 15.5 Å². The summed E-state index contributed by atoms with van der Waals surface area (Å²) in [4.78, 5) is 11.1. The highest BCUT2D eigenvalue weighted by Gasteiger charge is 2.03. The molecule has 6 nitrogen and oxygen atoms in total. The first kappa shape index (κ1) is 10.3. The van der Waals surface area contributed by atoms with E-state index in [9.17, 15) is 4.79 Å². The zero-order valence-corrected chi connectivity index (χ0v) is 8.79. The Balaban J connectivity index is 2.17. The van der Waals surface area contributed by atoms with Crippen molar-refractivity contribution in [2.24, 2.45) is 0 Å². The molecule has 1 aromatic heterocycles. The molecule has 0 spiro atoms. The van der Waals surface area contributed by atoms with Crippen LogP contribution in [-0.2, 0) is 6.54 Å². The first-order valence-electron chi connectivity index (χ1n) is 4.78. The largest absolute Gasteiger partial charge is 0.367 e. The molecule has 1 aromatic carbocycles. The Bertz CT molecular complexity index is 502. The molecule has 0 aliphatic carbocycles. The Kier molecular flexibility index (Phi) is 2.63. The number of benzene rings is 1. The lowest BCUT2D eigenvalue weighted by atomic mass is 10.1. The van der Waals surface area contributed by atoms with Crippen molar-refractivity contribution in [1.29, 1.82) is 0 Å². The van der Waals surface area contributed by atoms with Crippen LogP contribution in [0.15, 0.2) is 24.3 Å². The summed E-state index contributed by atoms with van der Waals surface area (Å²) in [5.74, 6) is 0.323. The van der Waals surface area contributed by atoms with Crippen molar-refractivity contribution in [1.82, 2.24) is 20.2 Å². The minimum absolute atomic E-state index is 0.0495. The number of anilines is 1. The fourth-order valence-corrected chi connectivity index (χ4v) is 1.34. The van der Waals surface area contributed by atoms with Crippen molar-refractivity contribution in [3.63, 3.8) is 0 Å². The SMILES string of the molecule is CC(=O)c1ccc(Cn2nnnc2N)cc1. The van der Waals surface area contributed by atoms with Crippen LogP contribution in [0.2, 0.25) is 0 Å². The van der Waals surface area contributed by atoms with Crippen LogP contribution in [0.3, 0.4) is 0 Å². The van der Waals surface area contributed by atoms with Crippen LogP contribution in [0.25, 0.3) is 0 Å². The van der Waals surface area contributed by atoms with Crippen molar-refractivity contribution < 1.29 is 4.79 Å². The van der Waals surface area contributed by atoms with Crippen molar-refractivity contribution in [2.75, 3.05) is 5.73 Å². The Hall–Kier alpha value is -2.24. The first-order chi connectivity index (χ1) is 7.66. The second kappa shape index (κ2) is 4.09. The lowest BCUT2D eigenvalue weighted by Gasteiger charge is -2.02. The van der Waals surface area contributed by atoms with Gasteiger partial charge in [-0.15, -0.1) is 0 Å². The maximum absolute atomic E-state index is 11.1. The fourth-order valence-electron chi connectivity index (χ4n) is 1.34. The molecular weight excluding hydrogens is 206 g/mol. The van der Waals surface area contributed by atoms with Crippen molar-refractivity contribution in [3.05, 3.63) is 35.4 Å². The van der Waals surface area contributed by atoms with Gasteiger partial charge in [0.05, 0.1) is 6.54 Å². The summed E-state index contributed by atoms with van der Waals surface area (Å²) >= 11 is 0. The predicted molar refractivity (Wildman–Crippen MR) is 57.8 cm³/mol. The predicted octanol–water partition coefficient (Wildman–Crippen LogP) is 0.506. The van der Waals surface area contributed by atoms with Crippen molar-refractivity contribution >= 4 is 11.7 Å². The molecule has 0 saturated carbocycles. The number of hydrogen-bond donors (Lipinski definition) is 1. The van der Waals surface area contributed by atoms with Gasteiger partial charge in [0.15, 0.2) is 5.78 Å². The van der Waals surface area contributed by atoms with E-state index in [4.69, 9.17) is 5.73 Å². The van der Waals surface area contributed by atoms with Gasteiger partial charge < -0.3 is 5.73 Å². The molecule has 2 rings (SSSR count). The number of hydrogen-bond acceptors (Lipinski definition) is 5. The number of carbonyl (C=O) groups is 1. The van der Waals surface area contributed by atoms with E-state index in [0.717, 1.165) is 5.56 Å². The van der Waals surface area contributed by atoms with Gasteiger partial charge >= 0.3 is 0 Å². The first-order valence-corrected chi connectivity index (χ1v) is 4.78. The van der Waals surface area contributed by atoms with E-state index in [-0.39, 0.29) is 11.7 Å². The van der Waals surface area contributed by atoms with Gasteiger partial charge in [-0.1, -0.05) is 29.4 Å². The third-order valence-corrected chi connectivity index (χ3v) is 2.25. The van der Waals surface area contributed by atoms with Crippen LogP contribution < -0.4 is 5.73 Å². The molecule has 0 aliphatic heterocycles. The monoisotopic (exact) mass is 217 g/mol. The molecule has 0 bridgehead atoms. The molecule has 2 N–H and O–H groups in total. The number of tetrazole rings is 1. The van der Waals surface area contributed by atoms with Crippen LogP contribution in [0.1, 0.15) is 22.8 Å². The summed E-state index contributed by atoms with van der Waals surface area (Å²) in [5, 5.41) is 10.8. The number of carbonyl (C=O) groups excluding carboxylic acids is 1. The average Bonchev–Trinajstić information content (AvgIpc) is 2.65. The average molecular weight is 217 g/mol. The maximum Gasteiger partial charge on any atom is 0.240 e. The Morgan fingerprint density at radius 3 is 2.56 bits per heavy atom. The smallest absolute Gasteiger partial charge is 0.240 e. The minimum Gasteiger partial charge on any atom is -0.367 e. The van der Waals surface area contributed by atoms with Gasteiger partial charge in [0.1, 0.15) is 0 Å².